The van der Waals surface area contributed by atoms with E-state index in [2.05, 4.69) is 44.8 Å². The Morgan fingerprint density at radius 3 is 2.55 bits per heavy atom. The minimum Gasteiger partial charge on any atom is -0.508 e. The number of pyridine rings is 1. The normalized spacial score (nSPS) is 11.5. The predicted octanol–water partition coefficient (Wildman–Crippen LogP) is 7.13. The first kappa shape index (κ1) is 22.7. The van der Waals surface area contributed by atoms with Crippen molar-refractivity contribution in [1.82, 2.24) is 4.98 Å². The highest BCUT2D eigenvalue weighted by molar-refractivity contribution is 5.77. The summed E-state index contributed by atoms with van der Waals surface area (Å²) in [6.45, 7) is 8.49. The second kappa shape index (κ2) is 11.5. The molecule has 1 heterocycles. The Morgan fingerprint density at radius 1 is 1.10 bits per heavy atom. The van der Waals surface area contributed by atoms with Gasteiger partial charge in [0.15, 0.2) is 0 Å². The zero-order valence-corrected chi connectivity index (χ0v) is 18.3. The molecule has 156 valence electrons. The first-order valence-electron chi connectivity index (χ1n) is 10.7. The molecule has 0 bridgehead atoms. The SMILES string of the molecule is CCCCCc1cc(O)c(CC=C(C)CCC=C(C)C)c(O)c1-c1cccnc1. The van der Waals surface area contributed by atoms with Gasteiger partial charge >= 0.3 is 0 Å². The summed E-state index contributed by atoms with van der Waals surface area (Å²) >= 11 is 0. The Morgan fingerprint density at radius 2 is 1.90 bits per heavy atom. The van der Waals surface area contributed by atoms with Crippen LogP contribution in [-0.2, 0) is 12.8 Å². The van der Waals surface area contributed by atoms with E-state index in [1.165, 1.54) is 11.1 Å². The van der Waals surface area contributed by atoms with E-state index >= 15 is 0 Å². The Labute approximate surface area is 175 Å². The molecule has 2 rings (SSSR count). The van der Waals surface area contributed by atoms with E-state index in [1.807, 2.05) is 18.2 Å². The summed E-state index contributed by atoms with van der Waals surface area (Å²) in [5, 5.41) is 21.7. The Hall–Kier alpha value is -2.55. The van der Waals surface area contributed by atoms with Gasteiger partial charge < -0.3 is 10.2 Å². The van der Waals surface area contributed by atoms with Gasteiger partial charge in [0, 0.05) is 29.1 Å². The molecule has 1 aromatic carbocycles. The first-order chi connectivity index (χ1) is 13.9. The van der Waals surface area contributed by atoms with Gasteiger partial charge in [0.05, 0.1) is 0 Å². The van der Waals surface area contributed by atoms with Gasteiger partial charge in [0.1, 0.15) is 11.5 Å². The summed E-state index contributed by atoms with van der Waals surface area (Å²) < 4.78 is 0. The quantitative estimate of drug-likeness (QED) is 0.333. The highest BCUT2D eigenvalue weighted by atomic mass is 16.3. The average molecular weight is 394 g/mol. The van der Waals surface area contributed by atoms with Crippen molar-refractivity contribution in [1.29, 1.82) is 0 Å². The van der Waals surface area contributed by atoms with Gasteiger partial charge in [0.2, 0.25) is 0 Å². The number of benzene rings is 1. The fraction of sp³-hybridized carbons (Fsp3) is 0.423. The van der Waals surface area contributed by atoms with Crippen LogP contribution in [0.15, 0.2) is 53.9 Å². The lowest BCUT2D eigenvalue weighted by molar-refractivity contribution is 0.440. The van der Waals surface area contributed by atoms with Crippen molar-refractivity contribution in [3.05, 3.63) is 65.0 Å². The predicted molar refractivity (Wildman–Crippen MR) is 122 cm³/mol. The maximum Gasteiger partial charge on any atom is 0.130 e. The molecular formula is C26H35NO2. The molecule has 0 radical (unpaired) electrons. The number of aryl methyl sites for hydroxylation is 1. The van der Waals surface area contributed by atoms with E-state index in [0.717, 1.165) is 55.2 Å². The maximum absolute atomic E-state index is 11.1. The molecule has 0 aliphatic carbocycles. The van der Waals surface area contributed by atoms with Crippen LogP contribution in [0.2, 0.25) is 0 Å². The summed E-state index contributed by atoms with van der Waals surface area (Å²) in [5.74, 6) is 0.354. The van der Waals surface area contributed by atoms with Crippen molar-refractivity contribution < 1.29 is 10.2 Å². The smallest absolute Gasteiger partial charge is 0.130 e. The van der Waals surface area contributed by atoms with Crippen molar-refractivity contribution in [3.63, 3.8) is 0 Å². The molecule has 0 saturated carbocycles. The standard InChI is InChI=1S/C26H35NO2/c1-5-6-7-12-21-17-24(28)23(15-14-20(4)11-8-10-19(2)3)26(29)25(21)22-13-9-16-27-18-22/h9-10,13-14,16-18,28-29H,5-8,11-12,15H2,1-4H3. The largest absolute Gasteiger partial charge is 0.508 e. The maximum atomic E-state index is 11.1. The molecule has 0 saturated heterocycles. The number of rotatable bonds is 10. The van der Waals surface area contributed by atoms with Crippen LogP contribution in [-0.4, -0.2) is 15.2 Å². The Kier molecular flexibility index (Phi) is 8.98. The highest BCUT2D eigenvalue weighted by Crippen LogP contribution is 2.41. The van der Waals surface area contributed by atoms with E-state index in [9.17, 15) is 10.2 Å². The van der Waals surface area contributed by atoms with Gasteiger partial charge in [-0.2, -0.15) is 0 Å². The van der Waals surface area contributed by atoms with Crippen LogP contribution in [0.25, 0.3) is 11.1 Å². The Balaban J connectivity index is 2.34. The van der Waals surface area contributed by atoms with Crippen LogP contribution in [0.1, 0.15) is 70.9 Å². The molecule has 29 heavy (non-hydrogen) atoms. The average Bonchev–Trinajstić information content (AvgIpc) is 2.68. The lowest BCUT2D eigenvalue weighted by atomic mass is 9.91. The van der Waals surface area contributed by atoms with E-state index in [1.54, 1.807) is 12.4 Å². The number of hydrogen-bond donors (Lipinski definition) is 2. The molecule has 0 spiro atoms. The minimum absolute atomic E-state index is 0.176. The number of aromatic hydroxyl groups is 2. The van der Waals surface area contributed by atoms with E-state index in [0.29, 0.717) is 12.0 Å². The van der Waals surface area contributed by atoms with Gasteiger partial charge in [-0.1, -0.05) is 49.1 Å². The zero-order chi connectivity index (χ0) is 21.2. The number of phenols is 2. The number of allylic oxidation sites excluding steroid dienone is 4. The molecular weight excluding hydrogens is 358 g/mol. The molecule has 0 fully saturated rings. The molecule has 1 aromatic heterocycles. The minimum atomic E-state index is 0.176. The van der Waals surface area contributed by atoms with Crippen LogP contribution in [0, 0.1) is 0 Å². The second-order valence-electron chi connectivity index (χ2n) is 8.03. The third kappa shape index (κ3) is 6.77. The number of unbranched alkanes of at least 4 members (excludes halogenated alkanes) is 2. The van der Waals surface area contributed by atoms with Crippen molar-refractivity contribution in [2.24, 2.45) is 0 Å². The first-order valence-corrected chi connectivity index (χ1v) is 10.7. The van der Waals surface area contributed by atoms with E-state index < -0.39 is 0 Å². The number of hydrogen-bond acceptors (Lipinski definition) is 3. The number of nitrogens with zero attached hydrogens (tertiary/aromatic N) is 1. The van der Waals surface area contributed by atoms with Crippen molar-refractivity contribution in [3.8, 4) is 22.6 Å². The number of phenolic OH excluding ortho intramolecular Hbond substituents is 2. The Bertz CT molecular complexity index is 847. The molecule has 0 aliphatic rings. The second-order valence-corrected chi connectivity index (χ2v) is 8.03. The van der Waals surface area contributed by atoms with Crippen LogP contribution in [0.3, 0.4) is 0 Å². The third-order valence-electron chi connectivity index (χ3n) is 5.21. The van der Waals surface area contributed by atoms with Gasteiger partial charge in [-0.15, -0.1) is 0 Å². The molecule has 0 atom stereocenters. The lowest BCUT2D eigenvalue weighted by Gasteiger charge is -2.16. The topological polar surface area (TPSA) is 53.4 Å². The van der Waals surface area contributed by atoms with Gasteiger partial charge in [-0.3, -0.25) is 4.98 Å². The molecule has 2 N–H and O–H groups in total. The lowest BCUT2D eigenvalue weighted by Crippen LogP contribution is -1.97. The zero-order valence-electron chi connectivity index (χ0n) is 18.3. The molecule has 3 heteroatoms. The third-order valence-corrected chi connectivity index (χ3v) is 5.21. The van der Waals surface area contributed by atoms with Crippen LogP contribution < -0.4 is 0 Å². The van der Waals surface area contributed by atoms with Gasteiger partial charge in [-0.25, -0.2) is 0 Å². The summed E-state index contributed by atoms with van der Waals surface area (Å²) in [5.41, 5.74) is 5.85. The number of aromatic nitrogens is 1. The van der Waals surface area contributed by atoms with Gasteiger partial charge in [0.25, 0.3) is 0 Å². The molecule has 3 nitrogen and oxygen atoms in total. The molecule has 2 aromatic rings. The fourth-order valence-electron chi connectivity index (χ4n) is 3.51. The van der Waals surface area contributed by atoms with Gasteiger partial charge in [-0.05, 0) is 70.6 Å². The summed E-state index contributed by atoms with van der Waals surface area (Å²) in [6, 6.07) is 5.68. The van der Waals surface area contributed by atoms with Crippen LogP contribution in [0.5, 0.6) is 11.5 Å². The summed E-state index contributed by atoms with van der Waals surface area (Å²) in [4.78, 5) is 4.22. The fourth-order valence-corrected chi connectivity index (χ4v) is 3.51. The van der Waals surface area contributed by atoms with Crippen LogP contribution >= 0.6 is 0 Å². The molecule has 0 unspecified atom stereocenters. The summed E-state index contributed by atoms with van der Waals surface area (Å²) in [7, 11) is 0. The summed E-state index contributed by atoms with van der Waals surface area (Å²) in [6.07, 6.45) is 14.5. The van der Waals surface area contributed by atoms with Crippen molar-refractivity contribution >= 4 is 0 Å². The van der Waals surface area contributed by atoms with E-state index in [-0.39, 0.29) is 11.5 Å². The van der Waals surface area contributed by atoms with E-state index in [4.69, 9.17) is 0 Å². The molecule has 0 aliphatic heterocycles. The monoisotopic (exact) mass is 393 g/mol. The highest BCUT2D eigenvalue weighted by Gasteiger charge is 2.18. The van der Waals surface area contributed by atoms with Crippen molar-refractivity contribution in [2.45, 2.75) is 72.6 Å². The van der Waals surface area contributed by atoms with Crippen LogP contribution in [0.4, 0.5) is 0 Å². The van der Waals surface area contributed by atoms with Crippen molar-refractivity contribution in [2.75, 3.05) is 0 Å². The molecule has 0 amide bonds.